The average Bonchev–Trinajstić information content (AvgIpc) is 2.90. The molecule has 15 heavy (non-hydrogen) atoms. The average molecular weight is 246 g/mol. The molecule has 1 aromatic rings. The Hall–Kier alpha value is -0.230. The summed E-state index contributed by atoms with van der Waals surface area (Å²) in [7, 11) is 0. The monoisotopic (exact) mass is 245 g/mol. The topological polar surface area (TPSA) is 49.2 Å². The van der Waals surface area contributed by atoms with Gasteiger partial charge in [-0.1, -0.05) is 11.3 Å². The Morgan fingerprint density at radius 1 is 1.47 bits per heavy atom. The van der Waals surface area contributed by atoms with Gasteiger partial charge >= 0.3 is 0 Å². The van der Waals surface area contributed by atoms with Crippen LogP contribution in [0, 0.1) is 5.92 Å². The van der Waals surface area contributed by atoms with Crippen LogP contribution in [-0.2, 0) is 6.54 Å². The minimum Gasteiger partial charge on any atom is -0.387 e. The normalized spacial score (nSPS) is 25.2. The van der Waals surface area contributed by atoms with Gasteiger partial charge in [-0.15, -0.1) is 10.2 Å². The highest BCUT2D eigenvalue weighted by Crippen LogP contribution is 2.44. The molecule has 6 heteroatoms. The van der Waals surface area contributed by atoms with Gasteiger partial charge in [-0.25, -0.2) is 0 Å². The van der Waals surface area contributed by atoms with Crippen molar-refractivity contribution in [1.82, 2.24) is 15.1 Å². The Balaban J connectivity index is 1.55. The molecule has 82 valence electrons. The Morgan fingerprint density at radius 3 is 2.73 bits per heavy atom. The smallest absolute Gasteiger partial charge is 0.207 e. The second kappa shape index (κ2) is 3.38. The molecule has 2 fully saturated rings. The van der Waals surface area contributed by atoms with Gasteiger partial charge in [0, 0.05) is 13.1 Å². The van der Waals surface area contributed by atoms with E-state index < -0.39 is 5.60 Å². The molecule has 0 radical (unpaired) electrons. The predicted octanol–water partition coefficient (Wildman–Crippen LogP) is 1.15. The van der Waals surface area contributed by atoms with Gasteiger partial charge in [0.1, 0.15) is 5.01 Å². The summed E-state index contributed by atoms with van der Waals surface area (Å²) >= 11 is 7.11. The van der Waals surface area contributed by atoms with E-state index in [2.05, 4.69) is 15.1 Å². The second-order valence-corrected chi connectivity index (χ2v) is 6.12. The van der Waals surface area contributed by atoms with Crippen LogP contribution in [0.5, 0.6) is 0 Å². The van der Waals surface area contributed by atoms with Crippen LogP contribution < -0.4 is 0 Å². The molecule has 0 unspecified atom stereocenters. The minimum atomic E-state index is -0.408. The Labute approximate surface area is 96.9 Å². The Bertz CT molecular complexity index is 373. The van der Waals surface area contributed by atoms with Crippen molar-refractivity contribution in [2.75, 3.05) is 13.1 Å². The summed E-state index contributed by atoms with van der Waals surface area (Å²) in [6.45, 7) is 2.31. The van der Waals surface area contributed by atoms with Crippen LogP contribution in [0.25, 0.3) is 0 Å². The SMILES string of the molecule is OC1(C2CC2)CN(Cc2nnc(Cl)s2)C1. The molecule has 1 aromatic heterocycles. The minimum absolute atomic E-state index is 0.408. The number of halogens is 1. The molecule has 0 atom stereocenters. The fourth-order valence-electron chi connectivity index (χ4n) is 2.21. The number of hydrogen-bond acceptors (Lipinski definition) is 5. The molecule has 0 spiro atoms. The van der Waals surface area contributed by atoms with Gasteiger partial charge in [-0.3, -0.25) is 4.90 Å². The van der Waals surface area contributed by atoms with Gasteiger partial charge in [0.15, 0.2) is 0 Å². The number of hydrogen-bond donors (Lipinski definition) is 1. The van der Waals surface area contributed by atoms with E-state index in [1.807, 2.05) is 0 Å². The third-order valence-corrected chi connectivity index (χ3v) is 4.14. The van der Waals surface area contributed by atoms with Gasteiger partial charge in [0.25, 0.3) is 0 Å². The Kier molecular flexibility index (Phi) is 2.24. The molecule has 1 N–H and O–H groups in total. The lowest BCUT2D eigenvalue weighted by molar-refractivity contribution is -0.116. The van der Waals surface area contributed by atoms with Gasteiger partial charge in [-0.2, -0.15) is 0 Å². The molecule has 0 amide bonds. The van der Waals surface area contributed by atoms with E-state index >= 15 is 0 Å². The zero-order chi connectivity index (χ0) is 10.5. The van der Waals surface area contributed by atoms with E-state index in [4.69, 9.17) is 11.6 Å². The largest absolute Gasteiger partial charge is 0.387 e. The van der Waals surface area contributed by atoms with Gasteiger partial charge < -0.3 is 5.11 Å². The highest BCUT2D eigenvalue weighted by atomic mass is 35.5. The zero-order valence-electron chi connectivity index (χ0n) is 8.19. The molecule has 1 saturated carbocycles. The van der Waals surface area contributed by atoms with Crippen molar-refractivity contribution in [1.29, 1.82) is 0 Å². The van der Waals surface area contributed by atoms with Crippen molar-refractivity contribution in [2.45, 2.75) is 25.0 Å². The van der Waals surface area contributed by atoms with Crippen LogP contribution in [0.4, 0.5) is 0 Å². The molecule has 0 aromatic carbocycles. The molecule has 0 bridgehead atoms. The molecule has 4 nitrogen and oxygen atoms in total. The number of likely N-dealkylation sites (tertiary alicyclic amines) is 1. The molecule has 1 saturated heterocycles. The van der Waals surface area contributed by atoms with E-state index in [1.54, 1.807) is 0 Å². The quantitative estimate of drug-likeness (QED) is 0.868. The van der Waals surface area contributed by atoms with Crippen molar-refractivity contribution in [3.05, 3.63) is 9.47 Å². The molecular weight excluding hydrogens is 234 g/mol. The summed E-state index contributed by atoms with van der Waals surface area (Å²) in [5, 5.41) is 18.7. The lowest BCUT2D eigenvalue weighted by Crippen LogP contribution is -2.62. The van der Waals surface area contributed by atoms with Crippen molar-refractivity contribution in [3.63, 3.8) is 0 Å². The maximum absolute atomic E-state index is 10.1. The fourth-order valence-corrected chi connectivity index (χ4v) is 3.12. The number of β-amino-alcohol motifs (C(OH)–C–C–N with tert-alkyl or cyclic N) is 1. The number of rotatable bonds is 3. The maximum atomic E-state index is 10.1. The van der Waals surface area contributed by atoms with Gasteiger partial charge in [-0.05, 0) is 30.4 Å². The lowest BCUT2D eigenvalue weighted by Gasteiger charge is -2.46. The first-order chi connectivity index (χ1) is 7.16. The maximum Gasteiger partial charge on any atom is 0.207 e. The van der Waals surface area contributed by atoms with Crippen LogP contribution >= 0.6 is 22.9 Å². The summed E-state index contributed by atoms with van der Waals surface area (Å²) < 4.78 is 0.489. The summed E-state index contributed by atoms with van der Waals surface area (Å²) in [5.41, 5.74) is -0.408. The molecule has 1 aliphatic heterocycles. The van der Waals surface area contributed by atoms with Crippen LogP contribution in [0.3, 0.4) is 0 Å². The van der Waals surface area contributed by atoms with Gasteiger partial charge in [0.05, 0.1) is 12.1 Å². The molecular formula is C9H12ClN3OS. The van der Waals surface area contributed by atoms with E-state index in [0.717, 1.165) is 24.6 Å². The first-order valence-electron chi connectivity index (χ1n) is 5.08. The lowest BCUT2D eigenvalue weighted by atomic mass is 9.89. The number of nitrogens with zero attached hydrogens (tertiary/aromatic N) is 3. The Morgan fingerprint density at radius 2 is 2.20 bits per heavy atom. The first-order valence-corrected chi connectivity index (χ1v) is 6.28. The van der Waals surface area contributed by atoms with E-state index in [0.29, 0.717) is 10.4 Å². The third kappa shape index (κ3) is 1.89. The second-order valence-electron chi connectivity index (χ2n) is 4.47. The third-order valence-electron chi connectivity index (χ3n) is 3.13. The molecule has 1 aliphatic carbocycles. The zero-order valence-corrected chi connectivity index (χ0v) is 9.76. The van der Waals surface area contributed by atoms with Crippen molar-refractivity contribution in [2.24, 2.45) is 5.92 Å². The standard InChI is InChI=1S/C9H12ClN3OS/c10-8-12-11-7(15-8)3-13-4-9(14,5-13)6-1-2-6/h6,14H,1-5H2. The van der Waals surface area contributed by atoms with E-state index in [9.17, 15) is 5.11 Å². The molecule has 3 rings (SSSR count). The highest BCUT2D eigenvalue weighted by Gasteiger charge is 2.51. The predicted molar refractivity (Wildman–Crippen MR) is 57.9 cm³/mol. The highest BCUT2D eigenvalue weighted by molar-refractivity contribution is 7.15. The van der Waals surface area contributed by atoms with Crippen molar-refractivity contribution in [3.8, 4) is 0 Å². The summed E-state index contributed by atoms with van der Waals surface area (Å²) in [5.74, 6) is 0.548. The molecule has 2 aliphatic rings. The molecule has 2 heterocycles. The van der Waals surface area contributed by atoms with Crippen LogP contribution in [0.1, 0.15) is 17.8 Å². The van der Waals surface area contributed by atoms with E-state index in [-0.39, 0.29) is 0 Å². The first kappa shape index (κ1) is 9.96. The van der Waals surface area contributed by atoms with E-state index in [1.165, 1.54) is 24.2 Å². The summed E-state index contributed by atoms with van der Waals surface area (Å²) in [6.07, 6.45) is 2.38. The van der Waals surface area contributed by atoms with Gasteiger partial charge in [0.2, 0.25) is 4.47 Å². The summed E-state index contributed by atoms with van der Waals surface area (Å²) in [4.78, 5) is 2.19. The van der Waals surface area contributed by atoms with Crippen LogP contribution in [0.15, 0.2) is 0 Å². The number of aromatic nitrogens is 2. The van der Waals surface area contributed by atoms with Crippen molar-refractivity contribution < 1.29 is 5.11 Å². The van der Waals surface area contributed by atoms with Crippen LogP contribution in [-0.4, -0.2) is 38.9 Å². The summed E-state index contributed by atoms with van der Waals surface area (Å²) in [6, 6.07) is 0. The van der Waals surface area contributed by atoms with Crippen LogP contribution in [0.2, 0.25) is 4.47 Å². The van der Waals surface area contributed by atoms with Crippen molar-refractivity contribution >= 4 is 22.9 Å². The number of aliphatic hydroxyl groups is 1. The fraction of sp³-hybridized carbons (Fsp3) is 0.778.